The number of fused-ring (bicyclic) bond motifs is 1. The number of imidazole rings is 1. The van der Waals surface area contributed by atoms with Gasteiger partial charge in [-0.25, -0.2) is 4.98 Å². The van der Waals surface area contributed by atoms with Crippen molar-refractivity contribution in [2.45, 2.75) is 122 Å². The fraction of sp³-hybridized carbons (Fsp3) is 0.552. The van der Waals surface area contributed by atoms with Crippen LogP contribution in [0, 0.1) is 11.8 Å². The number of carboxylic acid groups (broad SMARTS) is 3. The van der Waals surface area contributed by atoms with Crippen molar-refractivity contribution < 1.29 is 87.5 Å². The number of para-hydroxylation sites is 1. The summed E-state index contributed by atoms with van der Waals surface area (Å²) in [6, 6.07) is 3.73. The number of ether oxygens (including phenoxy) is 1. The van der Waals surface area contributed by atoms with Gasteiger partial charge in [-0.2, -0.15) is 11.8 Å². The highest BCUT2D eigenvalue weighted by atomic mass is 32.2. The molecule has 3 unspecified atom stereocenters. The molecule has 36 heteroatoms. The molecule has 0 saturated carbocycles. The van der Waals surface area contributed by atoms with E-state index in [1.807, 2.05) is 25.0 Å². The first-order chi connectivity index (χ1) is 48.9. The highest BCUT2D eigenvalue weighted by Gasteiger charge is 2.35. The molecule has 0 bridgehead atoms. The zero-order valence-electron chi connectivity index (χ0n) is 58.8. The summed E-state index contributed by atoms with van der Waals surface area (Å²) >= 11 is 1.45. The highest BCUT2D eigenvalue weighted by molar-refractivity contribution is 7.98. The molecule has 2 aromatic carbocycles. The van der Waals surface area contributed by atoms with E-state index < -0.39 is 138 Å². The number of benzene rings is 2. The van der Waals surface area contributed by atoms with Crippen LogP contribution in [0.4, 0.5) is 0 Å². The molecular weight excluding hydrogens is 1360 g/mol. The fourth-order valence-electron chi connectivity index (χ4n) is 11.2. The predicted molar refractivity (Wildman–Crippen MR) is 377 cm³/mol. The van der Waals surface area contributed by atoms with Gasteiger partial charge >= 0.3 is 17.9 Å². The smallest absolute Gasteiger partial charge is 0.317 e. The number of carboxylic acids is 3. The number of aliphatic hydroxyl groups is 1. The number of primary amides is 2. The first-order valence-corrected chi connectivity index (χ1v) is 35.2. The average Bonchev–Trinajstić information content (AvgIpc) is 1.51. The zero-order chi connectivity index (χ0) is 75.9. The van der Waals surface area contributed by atoms with Crippen LogP contribution in [0.2, 0.25) is 0 Å². The van der Waals surface area contributed by atoms with Crippen molar-refractivity contribution in [3.63, 3.8) is 0 Å². The molecule has 2 aromatic heterocycles. The van der Waals surface area contributed by atoms with Gasteiger partial charge < -0.3 is 89.1 Å². The molecule has 8 atom stereocenters. The topological polar surface area (TPSA) is 518 Å². The van der Waals surface area contributed by atoms with E-state index in [0.29, 0.717) is 27.9 Å². The van der Waals surface area contributed by atoms with Crippen LogP contribution < -0.4 is 58.7 Å². The van der Waals surface area contributed by atoms with E-state index in [0.717, 1.165) is 0 Å². The minimum Gasteiger partial charge on any atom is -0.491 e. The molecule has 0 spiro atoms. The molecule has 1 aliphatic heterocycles. The lowest BCUT2D eigenvalue weighted by Gasteiger charge is -2.33. The van der Waals surface area contributed by atoms with Crippen LogP contribution in [0.25, 0.3) is 10.9 Å². The van der Waals surface area contributed by atoms with Crippen LogP contribution in [-0.4, -0.2) is 284 Å². The zero-order valence-corrected chi connectivity index (χ0v) is 59.6. The minimum absolute atomic E-state index is 0.0290. The molecule has 3 heterocycles. The van der Waals surface area contributed by atoms with Gasteiger partial charge in [-0.1, -0.05) is 45.9 Å². The second kappa shape index (κ2) is 42.6. The molecule has 1 saturated heterocycles. The lowest BCUT2D eigenvalue weighted by molar-refractivity contribution is -0.140. The number of rotatable bonds is 41. The van der Waals surface area contributed by atoms with Crippen molar-refractivity contribution in [2.75, 3.05) is 104 Å². The van der Waals surface area contributed by atoms with Crippen molar-refractivity contribution in [1.82, 2.24) is 77.1 Å². The molecule has 566 valence electrons. The summed E-state index contributed by atoms with van der Waals surface area (Å²) in [5.41, 5.74) is 12.8. The minimum atomic E-state index is -1.47. The number of nitrogens with zero attached hydrogens (tertiary/aromatic N) is 5. The molecule has 1 aliphatic rings. The maximum absolute atomic E-state index is 14.5. The summed E-state index contributed by atoms with van der Waals surface area (Å²) in [5.74, 6) is -11.2. The number of aliphatic hydroxyl groups excluding tert-OH is 1. The highest BCUT2D eigenvalue weighted by Crippen LogP contribution is 2.21. The van der Waals surface area contributed by atoms with E-state index in [9.17, 15) is 82.8 Å². The average molecular weight is 1460 g/mol. The van der Waals surface area contributed by atoms with Crippen LogP contribution in [0.1, 0.15) is 81.9 Å². The van der Waals surface area contributed by atoms with Gasteiger partial charge in [0.05, 0.1) is 32.5 Å². The van der Waals surface area contributed by atoms with Crippen molar-refractivity contribution >= 4 is 99.6 Å². The Kier molecular flexibility index (Phi) is 34.7. The van der Waals surface area contributed by atoms with Gasteiger partial charge in [0.25, 0.3) is 5.91 Å². The molecule has 5 rings (SSSR count). The predicted octanol–water partition coefficient (Wildman–Crippen LogP) is -3.06. The molecular formula is C67H99N17O18S. The third-order valence-corrected chi connectivity index (χ3v) is 17.4. The van der Waals surface area contributed by atoms with Gasteiger partial charge in [-0.3, -0.25) is 81.9 Å². The number of hydrogen-bond donors (Lipinski definition) is 16. The monoisotopic (exact) mass is 1460 g/mol. The largest absolute Gasteiger partial charge is 0.491 e. The lowest BCUT2D eigenvalue weighted by atomic mass is 10.0. The van der Waals surface area contributed by atoms with E-state index in [2.05, 4.69) is 57.5 Å². The molecule has 0 radical (unpaired) electrons. The van der Waals surface area contributed by atoms with Crippen molar-refractivity contribution in [2.24, 2.45) is 23.3 Å². The van der Waals surface area contributed by atoms with Gasteiger partial charge in [0.15, 0.2) is 0 Å². The van der Waals surface area contributed by atoms with Crippen LogP contribution in [-0.2, 0) is 70.4 Å². The van der Waals surface area contributed by atoms with E-state index >= 15 is 0 Å². The normalized spacial score (nSPS) is 16.0. The molecule has 4 aromatic rings. The summed E-state index contributed by atoms with van der Waals surface area (Å²) in [6.45, 7) is 8.21. The van der Waals surface area contributed by atoms with Gasteiger partial charge in [0, 0.05) is 113 Å². The van der Waals surface area contributed by atoms with Crippen molar-refractivity contribution in [1.29, 1.82) is 0 Å². The number of carbonyl (C=O) groups excluding carboxylic acids is 10. The summed E-state index contributed by atoms with van der Waals surface area (Å²) in [5, 5.41) is 61.5. The first-order valence-electron chi connectivity index (χ1n) is 33.8. The summed E-state index contributed by atoms with van der Waals surface area (Å²) < 4.78 is 5.88. The Morgan fingerprint density at radius 3 is 1.69 bits per heavy atom. The molecule has 35 nitrogen and oxygen atoms in total. The lowest BCUT2D eigenvalue weighted by Crippen LogP contribution is -2.59. The summed E-state index contributed by atoms with van der Waals surface area (Å²) in [4.78, 5) is 188. The Morgan fingerprint density at radius 1 is 0.602 bits per heavy atom. The number of amides is 10. The third-order valence-electron chi connectivity index (χ3n) is 16.7. The second-order valence-corrected chi connectivity index (χ2v) is 27.0. The standard InChI is InChI=1S/C67H99N17O18S/c1-39(2)27-51(65(99)76-49(60(69)94)17-26-103-6)78-66(100)53(29-44-31-70-38-73-44)75-55(87)32-72-67(101)59(40(3)4)80-61(95)41(5)74-64(98)52(28-43-30-71-48-10-8-7-9-47(43)48)79-63(97)50(15-16-54(68)86)77-62(96)42-11-13-46(14-12-42)102-37-45(85)33-81-18-20-82(34-56(88)89)22-24-84(36-58(92)93)25-23-83(21-19-81)35-57(90)91/h7-14,30-31,38-41,45,49-53,59,71,85H,15-29,32-37H2,1-6H3,(H2,68,86)(H2,69,94)(H,70,73)(H,72,101)(H,74,98)(H,75,87)(H,76,99)(H,77,96)(H,78,100)(H,79,97)(H,80,95)(H,88,89)(H,90,91)(H,92,93)/t41-,45?,49-,50-,51-,52?,53?,59-/m0/s1. The molecule has 10 amide bonds. The maximum Gasteiger partial charge on any atom is 0.317 e. The maximum atomic E-state index is 14.5. The number of H-pyrrole nitrogens is 2. The number of carbonyl (C=O) groups is 13. The summed E-state index contributed by atoms with van der Waals surface area (Å²) in [6.07, 6.45) is 4.59. The molecule has 103 heavy (non-hydrogen) atoms. The number of β-amino-alcohol motifs (C(OH)–C–C–N with tert-alkyl or cyclic N) is 1. The Morgan fingerprint density at radius 2 is 1.15 bits per heavy atom. The number of thioether (sulfide) groups is 1. The summed E-state index contributed by atoms with van der Waals surface area (Å²) in [7, 11) is 0. The number of nitrogens with two attached hydrogens (primary N) is 2. The van der Waals surface area contributed by atoms with Crippen LogP contribution in [0.15, 0.2) is 67.3 Å². The Hall–Kier alpha value is -9.75. The first kappa shape index (κ1) is 83.9. The number of aromatic amines is 2. The Labute approximate surface area is 600 Å². The van der Waals surface area contributed by atoms with Gasteiger partial charge in [-0.05, 0) is 85.9 Å². The number of aromatic nitrogens is 3. The quantitative estimate of drug-likeness (QED) is 0.0210. The van der Waals surface area contributed by atoms with Crippen molar-refractivity contribution in [3.8, 4) is 5.75 Å². The molecule has 0 aliphatic carbocycles. The van der Waals surface area contributed by atoms with Crippen LogP contribution in [0.3, 0.4) is 0 Å². The van der Waals surface area contributed by atoms with Crippen molar-refractivity contribution in [3.05, 3.63) is 84.1 Å². The van der Waals surface area contributed by atoms with Crippen LogP contribution >= 0.6 is 11.8 Å². The molecule has 1 fully saturated rings. The van der Waals surface area contributed by atoms with E-state index in [4.69, 9.17) is 16.2 Å². The number of hydrogen-bond acceptors (Lipinski definition) is 21. The SMILES string of the molecule is CSCC[C@H](NC(=O)[C@H](CC(C)C)NC(=O)C(Cc1cnc[nH]1)NC(=O)CNC(=O)[C@@H](NC(=O)[C@H](C)NC(=O)C(Cc1c[nH]c2ccccc12)NC(=O)[C@H](CCC(N)=O)NC(=O)c1ccc(OCC(O)CN2CCN(CC(=O)O)CCN(CC(=O)O)CCN(CC(=O)O)CC2)cc1)C(C)C)C(N)=O. The molecule has 18 N–H and O–H groups in total. The van der Waals surface area contributed by atoms with Gasteiger partial charge in [0.1, 0.15) is 60.8 Å². The second-order valence-electron chi connectivity index (χ2n) is 26.0. The fourth-order valence-corrected chi connectivity index (χ4v) is 11.6. The van der Waals surface area contributed by atoms with E-state index in [1.165, 1.54) is 55.5 Å². The van der Waals surface area contributed by atoms with Gasteiger partial charge in [-0.15, -0.1) is 0 Å². The van der Waals surface area contributed by atoms with Crippen LogP contribution in [0.5, 0.6) is 5.75 Å². The third kappa shape index (κ3) is 30.0. The van der Waals surface area contributed by atoms with E-state index in [-0.39, 0.29) is 141 Å². The Balaban J connectivity index is 1.23. The van der Waals surface area contributed by atoms with Gasteiger partial charge in [0.2, 0.25) is 53.2 Å². The van der Waals surface area contributed by atoms with E-state index in [1.54, 1.807) is 59.0 Å². The number of aliphatic carboxylic acids is 3. The number of nitrogens with one attached hydrogen (secondary N) is 10. The Bertz CT molecular complexity index is 3470.